The summed E-state index contributed by atoms with van der Waals surface area (Å²) in [5, 5.41) is 17.9. The number of hydrogen-bond acceptors (Lipinski definition) is 3. The third kappa shape index (κ3) is 4.73. The van der Waals surface area contributed by atoms with E-state index in [1.165, 1.54) is 6.07 Å². The Bertz CT molecular complexity index is 2900. The molecule has 4 nitrogen and oxygen atoms in total. The van der Waals surface area contributed by atoms with Crippen molar-refractivity contribution in [2.24, 2.45) is 10.1 Å². The maximum atomic E-state index is 17.4. The van der Waals surface area contributed by atoms with Gasteiger partial charge in [0, 0.05) is 37.9 Å². The molecule has 0 fully saturated rings. The van der Waals surface area contributed by atoms with Crippen LogP contribution in [0.4, 0.5) is 17.6 Å². The van der Waals surface area contributed by atoms with Crippen molar-refractivity contribution < 1.29 is 17.6 Å². The number of benzene rings is 6. The zero-order chi connectivity index (χ0) is 34.7. The zero-order valence-electron chi connectivity index (χ0n) is 26.3. The van der Waals surface area contributed by atoms with Crippen molar-refractivity contribution >= 4 is 43.1 Å². The van der Waals surface area contributed by atoms with Gasteiger partial charge < -0.3 is 0 Å². The Labute approximate surface area is 282 Å². The fourth-order valence-corrected chi connectivity index (χ4v) is 7.16. The van der Waals surface area contributed by atoms with Crippen LogP contribution >= 0.6 is 0 Å². The lowest BCUT2D eigenvalue weighted by Crippen LogP contribution is -2.04. The van der Waals surface area contributed by atoms with Gasteiger partial charge in [0.25, 0.3) is 0 Å². The maximum Gasteiger partial charge on any atom is 0.416 e. The number of aryl methyl sites for hydroxylation is 1. The van der Waals surface area contributed by atoms with E-state index in [1.54, 1.807) is 24.3 Å². The van der Waals surface area contributed by atoms with E-state index >= 15 is 4.39 Å². The molecule has 0 spiro atoms. The largest absolute Gasteiger partial charge is 0.416 e. The van der Waals surface area contributed by atoms with E-state index in [0.717, 1.165) is 34.4 Å². The van der Waals surface area contributed by atoms with Crippen molar-refractivity contribution in [3.63, 3.8) is 0 Å². The molecule has 0 aliphatic carbocycles. The predicted molar refractivity (Wildman–Crippen MR) is 188 cm³/mol. The first-order chi connectivity index (χ1) is 24.2. The van der Waals surface area contributed by atoms with Gasteiger partial charge >= 0.3 is 6.18 Å². The van der Waals surface area contributed by atoms with Gasteiger partial charge in [-0.2, -0.15) is 30.0 Å². The van der Waals surface area contributed by atoms with Crippen molar-refractivity contribution in [2.75, 3.05) is 0 Å². The molecule has 238 valence electrons. The first-order valence-electron chi connectivity index (χ1n) is 15.6. The van der Waals surface area contributed by atoms with Crippen LogP contribution in [0.3, 0.4) is 0 Å². The Morgan fingerprint density at radius 2 is 1.22 bits per heavy atom. The van der Waals surface area contributed by atoms with Crippen molar-refractivity contribution in [2.45, 2.75) is 13.1 Å². The molecule has 8 aromatic carbocycles. The quantitative estimate of drug-likeness (QED) is 0.0807. The van der Waals surface area contributed by atoms with E-state index in [2.05, 4.69) is 21.1 Å². The summed E-state index contributed by atoms with van der Waals surface area (Å²) in [7, 11) is 0. The second-order valence-electron chi connectivity index (χ2n) is 12.1. The van der Waals surface area contributed by atoms with Crippen LogP contribution < -0.4 is 10.7 Å². The molecule has 50 heavy (non-hydrogen) atoms. The number of alkyl halides is 3. The summed E-state index contributed by atoms with van der Waals surface area (Å²) < 4.78 is 58.2. The summed E-state index contributed by atoms with van der Waals surface area (Å²) in [4.78, 5) is 7.53. The summed E-state index contributed by atoms with van der Waals surface area (Å²) >= 11 is 0. The van der Waals surface area contributed by atoms with Crippen LogP contribution in [0.25, 0.3) is 81.4 Å². The zero-order valence-corrected chi connectivity index (χ0v) is 26.3. The molecule has 0 atom stereocenters. The molecule has 0 aliphatic heterocycles. The van der Waals surface area contributed by atoms with Gasteiger partial charge in [-0.25, -0.2) is 4.39 Å². The molecule has 8 rings (SSSR count). The molecule has 0 radical (unpaired) electrons. The standard InChI is InChI=1S/C42H22F4N4/c1-23-8-6-11-25(18-23)27-15-17-31-33(21-27)41(50-48-2)37-34(24-9-4-3-5-10-24)35-30-16-14-28(26-12-7-13-29(19-26)42(44,45)46)20-32(30)40(49-22-47)38(35)39(43)36(31)37/h3-21H,1H3/b49-40?,50-41+. The van der Waals surface area contributed by atoms with Gasteiger partial charge in [-0.3, -0.25) is 0 Å². The minimum Gasteiger partial charge on any atom is -0.206 e. The highest BCUT2D eigenvalue weighted by Gasteiger charge is 2.31. The van der Waals surface area contributed by atoms with E-state index in [-0.39, 0.29) is 16.1 Å². The number of nitriles is 1. The molecular weight excluding hydrogens is 636 g/mol. The molecule has 0 aromatic heterocycles. The number of hydrogen-bond donors (Lipinski definition) is 0. The second-order valence-corrected chi connectivity index (χ2v) is 12.1. The Morgan fingerprint density at radius 3 is 1.86 bits per heavy atom. The highest BCUT2D eigenvalue weighted by Crippen LogP contribution is 2.44. The Kier molecular flexibility index (Phi) is 7.06. The van der Waals surface area contributed by atoms with Gasteiger partial charge in [0.15, 0.2) is 5.36 Å². The molecule has 0 N–H and O–H groups in total. The van der Waals surface area contributed by atoms with Crippen LogP contribution in [0.2, 0.25) is 0 Å². The lowest BCUT2D eigenvalue weighted by atomic mass is 9.93. The smallest absolute Gasteiger partial charge is 0.206 e. The molecule has 0 amide bonds. The van der Waals surface area contributed by atoms with Crippen LogP contribution in [0.15, 0.2) is 125 Å². The second kappa shape index (κ2) is 11.5. The van der Waals surface area contributed by atoms with Crippen LogP contribution in [-0.2, 0) is 6.18 Å². The first-order valence-corrected chi connectivity index (χ1v) is 15.6. The molecule has 0 bridgehead atoms. The van der Waals surface area contributed by atoms with E-state index in [0.29, 0.717) is 54.4 Å². The molecule has 8 heteroatoms. The van der Waals surface area contributed by atoms with E-state index in [9.17, 15) is 18.4 Å². The lowest BCUT2D eigenvalue weighted by molar-refractivity contribution is -0.137. The van der Waals surface area contributed by atoms with Gasteiger partial charge in [-0.05, 0) is 69.8 Å². The topological polar surface area (TPSA) is 52.9 Å². The molecular formula is C42H22F4N4. The lowest BCUT2D eigenvalue weighted by Gasteiger charge is -2.10. The third-order valence-corrected chi connectivity index (χ3v) is 9.25. The normalized spacial score (nSPS) is 12.7. The summed E-state index contributed by atoms with van der Waals surface area (Å²) in [5.41, 5.74) is 4.23. The molecule has 0 unspecified atom stereocenters. The monoisotopic (exact) mass is 658 g/mol. The van der Waals surface area contributed by atoms with E-state index in [4.69, 9.17) is 6.57 Å². The van der Waals surface area contributed by atoms with Crippen LogP contribution in [0.5, 0.6) is 0 Å². The van der Waals surface area contributed by atoms with Crippen molar-refractivity contribution in [1.29, 1.82) is 5.26 Å². The number of fused-ring (bicyclic) bond motifs is 6. The predicted octanol–water partition coefficient (Wildman–Crippen LogP) is 10.8. The summed E-state index contributed by atoms with van der Waals surface area (Å²) in [6.45, 7) is 9.76. The molecule has 0 saturated heterocycles. The molecule has 0 aliphatic rings. The van der Waals surface area contributed by atoms with Crippen LogP contribution in [0, 0.1) is 30.8 Å². The third-order valence-electron chi connectivity index (χ3n) is 9.25. The summed E-state index contributed by atoms with van der Waals surface area (Å²) in [6, 6.07) is 33.1. The molecule has 8 aromatic rings. The SMILES string of the molecule is [C-]#[N+]/N=c1\c2cc(-c3cccc(C)c3)ccc2c2c(F)c3c(=NC#N)c4cc(-c5cccc(C(F)(F)F)c5)ccc4c3c(-c3ccccc3)c12. The number of nitrogens with zero attached hydrogens (tertiary/aromatic N) is 4. The highest BCUT2D eigenvalue weighted by molar-refractivity contribution is 6.29. The first kappa shape index (κ1) is 30.7. The van der Waals surface area contributed by atoms with Crippen molar-refractivity contribution in [3.05, 3.63) is 154 Å². The highest BCUT2D eigenvalue weighted by atomic mass is 19.4. The van der Waals surface area contributed by atoms with E-state index in [1.807, 2.05) is 79.8 Å². The van der Waals surface area contributed by atoms with Gasteiger partial charge in [0.2, 0.25) is 6.19 Å². The Balaban J connectivity index is 1.56. The van der Waals surface area contributed by atoms with Crippen LogP contribution in [-0.4, -0.2) is 0 Å². The molecule has 0 saturated carbocycles. The Morgan fingerprint density at radius 1 is 0.620 bits per heavy atom. The summed E-state index contributed by atoms with van der Waals surface area (Å²) in [5.74, 6) is -0.625. The Hall–Kier alpha value is -6.64. The van der Waals surface area contributed by atoms with Crippen molar-refractivity contribution in [3.8, 4) is 39.6 Å². The molecule has 0 heterocycles. The number of rotatable bonds is 3. The fraction of sp³-hybridized carbons (Fsp3) is 0.0476. The summed E-state index contributed by atoms with van der Waals surface area (Å²) in [6.07, 6.45) is -2.71. The van der Waals surface area contributed by atoms with Gasteiger partial charge in [0.1, 0.15) is 5.82 Å². The fourth-order valence-electron chi connectivity index (χ4n) is 7.16. The minimum absolute atomic E-state index is 0.0808. The van der Waals surface area contributed by atoms with Gasteiger partial charge in [-0.1, -0.05) is 96.6 Å². The van der Waals surface area contributed by atoms with Crippen LogP contribution in [0.1, 0.15) is 11.1 Å². The number of halogens is 4. The van der Waals surface area contributed by atoms with Gasteiger partial charge in [-0.15, -0.1) is 4.95 Å². The average Bonchev–Trinajstić information content (AvgIpc) is 3.61. The average molecular weight is 659 g/mol. The van der Waals surface area contributed by atoms with Gasteiger partial charge in [0.05, 0.1) is 16.0 Å². The maximum absolute atomic E-state index is 17.4. The van der Waals surface area contributed by atoms with E-state index < -0.39 is 17.6 Å². The minimum atomic E-state index is -4.54. The van der Waals surface area contributed by atoms with Crippen molar-refractivity contribution in [1.82, 2.24) is 0 Å².